The maximum atomic E-state index is 5.60. The van der Waals surface area contributed by atoms with Gasteiger partial charge in [-0.25, -0.2) is 4.98 Å². The maximum absolute atomic E-state index is 5.60. The first kappa shape index (κ1) is 9.84. The highest BCUT2D eigenvalue weighted by Crippen LogP contribution is 2.16. The van der Waals surface area contributed by atoms with Gasteiger partial charge in [-0.15, -0.1) is 0 Å². The van der Waals surface area contributed by atoms with E-state index in [1.165, 1.54) is 12.8 Å². The Kier molecular flexibility index (Phi) is 4.09. The van der Waals surface area contributed by atoms with E-state index in [-0.39, 0.29) is 0 Å². The third-order valence-electron chi connectivity index (χ3n) is 1.81. The summed E-state index contributed by atoms with van der Waals surface area (Å²) in [7, 11) is 0. The molecule has 0 radical (unpaired) electrons. The Hall–Kier alpha value is -1.25. The molecule has 0 amide bonds. The molecule has 1 aromatic heterocycles. The molecule has 0 spiro atoms. The number of nitrogen functional groups attached to an aromatic ring is 1. The fourth-order valence-corrected chi connectivity index (χ4v) is 1.06. The summed E-state index contributed by atoms with van der Waals surface area (Å²) in [5.74, 6) is 1.16. The van der Waals surface area contributed by atoms with Crippen LogP contribution >= 0.6 is 0 Å². The van der Waals surface area contributed by atoms with Crippen LogP contribution in [0.2, 0.25) is 0 Å². The van der Waals surface area contributed by atoms with Crippen LogP contribution < -0.4 is 10.5 Å². The van der Waals surface area contributed by atoms with Gasteiger partial charge in [0.15, 0.2) is 11.6 Å². The van der Waals surface area contributed by atoms with E-state index in [0.717, 1.165) is 13.0 Å². The van der Waals surface area contributed by atoms with E-state index < -0.39 is 0 Å². The number of nitrogens with zero attached hydrogens (tertiary/aromatic N) is 1. The average molecular weight is 180 g/mol. The van der Waals surface area contributed by atoms with Crippen LogP contribution in [0.15, 0.2) is 18.3 Å². The van der Waals surface area contributed by atoms with Crippen molar-refractivity contribution in [2.45, 2.75) is 26.2 Å². The quantitative estimate of drug-likeness (QED) is 0.707. The second-order valence-electron chi connectivity index (χ2n) is 2.94. The van der Waals surface area contributed by atoms with Gasteiger partial charge < -0.3 is 10.5 Å². The third-order valence-corrected chi connectivity index (χ3v) is 1.81. The van der Waals surface area contributed by atoms with Gasteiger partial charge in [-0.2, -0.15) is 0 Å². The number of ether oxygens (including phenoxy) is 1. The summed E-state index contributed by atoms with van der Waals surface area (Å²) in [5, 5.41) is 0. The van der Waals surface area contributed by atoms with E-state index in [0.29, 0.717) is 11.6 Å². The third kappa shape index (κ3) is 3.32. The summed E-state index contributed by atoms with van der Waals surface area (Å²) < 4.78 is 5.45. The molecule has 72 valence electrons. The summed E-state index contributed by atoms with van der Waals surface area (Å²) in [6.07, 6.45) is 5.13. The fourth-order valence-electron chi connectivity index (χ4n) is 1.06. The molecule has 0 aliphatic rings. The zero-order chi connectivity index (χ0) is 9.52. The van der Waals surface area contributed by atoms with E-state index in [1.807, 2.05) is 12.1 Å². The summed E-state index contributed by atoms with van der Waals surface area (Å²) in [4.78, 5) is 3.93. The lowest BCUT2D eigenvalue weighted by atomic mass is 10.3. The predicted octanol–water partition coefficient (Wildman–Crippen LogP) is 2.23. The molecule has 1 aromatic rings. The minimum Gasteiger partial charge on any atom is -0.490 e. The van der Waals surface area contributed by atoms with Gasteiger partial charge in [0.1, 0.15) is 0 Å². The van der Waals surface area contributed by atoms with E-state index in [4.69, 9.17) is 10.5 Å². The van der Waals surface area contributed by atoms with Gasteiger partial charge in [-0.05, 0) is 18.6 Å². The number of rotatable bonds is 5. The standard InChI is InChI=1S/C10H16N2O/c1-2-3-4-8-13-9-6-5-7-12-10(9)11/h5-7H,2-4,8H2,1H3,(H2,11,12). The lowest BCUT2D eigenvalue weighted by Gasteiger charge is -2.06. The largest absolute Gasteiger partial charge is 0.490 e. The lowest BCUT2D eigenvalue weighted by Crippen LogP contribution is -2.01. The Balaban J connectivity index is 2.32. The van der Waals surface area contributed by atoms with E-state index in [9.17, 15) is 0 Å². The molecule has 3 heteroatoms. The summed E-state index contributed by atoms with van der Waals surface area (Å²) in [5.41, 5.74) is 5.60. The average Bonchev–Trinajstić information content (AvgIpc) is 2.15. The highest BCUT2D eigenvalue weighted by Gasteiger charge is 1.98. The highest BCUT2D eigenvalue weighted by molar-refractivity contribution is 5.44. The normalized spacial score (nSPS) is 9.92. The number of unbranched alkanes of at least 4 members (excludes halogenated alkanes) is 2. The van der Waals surface area contributed by atoms with Gasteiger partial charge in [0.2, 0.25) is 0 Å². The second kappa shape index (κ2) is 5.41. The minimum absolute atomic E-state index is 0.471. The molecular formula is C10H16N2O. The van der Waals surface area contributed by atoms with Crippen molar-refractivity contribution in [1.29, 1.82) is 0 Å². The Morgan fingerprint density at radius 3 is 3.00 bits per heavy atom. The van der Waals surface area contributed by atoms with Crippen molar-refractivity contribution in [2.24, 2.45) is 0 Å². The predicted molar refractivity (Wildman–Crippen MR) is 53.7 cm³/mol. The van der Waals surface area contributed by atoms with E-state index in [2.05, 4.69) is 11.9 Å². The van der Waals surface area contributed by atoms with Gasteiger partial charge in [-0.1, -0.05) is 19.8 Å². The van der Waals surface area contributed by atoms with Crippen LogP contribution in [0.1, 0.15) is 26.2 Å². The zero-order valence-corrected chi connectivity index (χ0v) is 7.99. The molecule has 0 aromatic carbocycles. The SMILES string of the molecule is CCCCCOc1cccnc1N. The van der Waals surface area contributed by atoms with Gasteiger partial charge >= 0.3 is 0 Å². The van der Waals surface area contributed by atoms with Crippen molar-refractivity contribution < 1.29 is 4.74 Å². The molecule has 0 aliphatic heterocycles. The molecule has 0 unspecified atom stereocenters. The highest BCUT2D eigenvalue weighted by atomic mass is 16.5. The van der Waals surface area contributed by atoms with E-state index >= 15 is 0 Å². The number of hydrogen-bond donors (Lipinski definition) is 1. The Labute approximate surface area is 78.9 Å². The van der Waals surface area contributed by atoms with Crippen LogP contribution in [0, 0.1) is 0 Å². The zero-order valence-electron chi connectivity index (χ0n) is 7.99. The monoisotopic (exact) mass is 180 g/mol. The van der Waals surface area contributed by atoms with Crippen LogP contribution in [0.5, 0.6) is 5.75 Å². The summed E-state index contributed by atoms with van der Waals surface area (Å²) in [6, 6.07) is 3.67. The van der Waals surface area contributed by atoms with E-state index in [1.54, 1.807) is 6.20 Å². The molecule has 2 N–H and O–H groups in total. The molecule has 3 nitrogen and oxygen atoms in total. The van der Waals surface area contributed by atoms with Crippen molar-refractivity contribution >= 4 is 5.82 Å². The molecule has 0 saturated heterocycles. The number of pyridine rings is 1. The molecule has 1 rings (SSSR count). The van der Waals surface area contributed by atoms with Gasteiger partial charge in [-0.3, -0.25) is 0 Å². The van der Waals surface area contributed by atoms with Crippen molar-refractivity contribution in [3.8, 4) is 5.75 Å². The Morgan fingerprint density at radius 2 is 2.31 bits per heavy atom. The number of nitrogens with two attached hydrogens (primary N) is 1. The first-order valence-electron chi connectivity index (χ1n) is 4.68. The van der Waals surface area contributed by atoms with Crippen LogP contribution in [-0.4, -0.2) is 11.6 Å². The van der Waals surface area contributed by atoms with Crippen molar-refractivity contribution in [2.75, 3.05) is 12.3 Å². The van der Waals surface area contributed by atoms with Crippen LogP contribution in [0.3, 0.4) is 0 Å². The van der Waals surface area contributed by atoms with Crippen LogP contribution in [0.25, 0.3) is 0 Å². The number of aromatic nitrogens is 1. The Bertz CT molecular complexity index is 250. The lowest BCUT2D eigenvalue weighted by molar-refractivity contribution is 0.307. The fraction of sp³-hybridized carbons (Fsp3) is 0.500. The second-order valence-corrected chi connectivity index (χ2v) is 2.94. The first-order chi connectivity index (χ1) is 6.34. The summed E-state index contributed by atoms with van der Waals surface area (Å²) >= 11 is 0. The van der Waals surface area contributed by atoms with Crippen LogP contribution in [0.4, 0.5) is 5.82 Å². The Morgan fingerprint density at radius 1 is 1.46 bits per heavy atom. The maximum Gasteiger partial charge on any atom is 0.166 e. The van der Waals surface area contributed by atoms with Crippen molar-refractivity contribution in [1.82, 2.24) is 4.98 Å². The molecular weight excluding hydrogens is 164 g/mol. The van der Waals surface area contributed by atoms with Crippen molar-refractivity contribution in [3.63, 3.8) is 0 Å². The summed E-state index contributed by atoms with van der Waals surface area (Å²) in [6.45, 7) is 2.89. The number of hydrogen-bond acceptors (Lipinski definition) is 3. The molecule has 1 heterocycles. The molecule has 0 atom stereocenters. The minimum atomic E-state index is 0.471. The van der Waals surface area contributed by atoms with Gasteiger partial charge in [0, 0.05) is 6.20 Å². The topological polar surface area (TPSA) is 48.1 Å². The first-order valence-corrected chi connectivity index (χ1v) is 4.68. The van der Waals surface area contributed by atoms with Crippen LogP contribution in [-0.2, 0) is 0 Å². The molecule has 0 fully saturated rings. The van der Waals surface area contributed by atoms with Crippen molar-refractivity contribution in [3.05, 3.63) is 18.3 Å². The van der Waals surface area contributed by atoms with Gasteiger partial charge in [0.25, 0.3) is 0 Å². The van der Waals surface area contributed by atoms with Gasteiger partial charge in [0.05, 0.1) is 6.61 Å². The molecule has 0 aliphatic carbocycles. The molecule has 0 bridgehead atoms. The molecule has 0 saturated carbocycles. The number of anilines is 1. The molecule has 13 heavy (non-hydrogen) atoms. The smallest absolute Gasteiger partial charge is 0.166 e.